The fourth-order valence-electron chi connectivity index (χ4n) is 9.93. The van der Waals surface area contributed by atoms with Gasteiger partial charge in [-0.25, -0.2) is 15.0 Å². The van der Waals surface area contributed by atoms with Crippen molar-refractivity contribution in [3.63, 3.8) is 0 Å². The third-order valence-electron chi connectivity index (χ3n) is 13.3. The van der Waals surface area contributed by atoms with E-state index in [1.54, 1.807) is 0 Å². The van der Waals surface area contributed by atoms with Crippen LogP contribution in [0, 0.1) is 0 Å². The van der Waals surface area contributed by atoms with Crippen molar-refractivity contribution in [2.45, 2.75) is 0 Å². The summed E-state index contributed by atoms with van der Waals surface area (Å²) in [7, 11) is 0. The maximum absolute atomic E-state index is 5.08. The summed E-state index contributed by atoms with van der Waals surface area (Å²) in [6, 6.07) is 86.7. The summed E-state index contributed by atoms with van der Waals surface area (Å²) in [5.41, 5.74) is 13.2. The van der Waals surface area contributed by atoms with Crippen molar-refractivity contribution < 1.29 is 0 Å². The van der Waals surface area contributed by atoms with Gasteiger partial charge in [0.15, 0.2) is 17.5 Å². The molecular formula is C63H40N4. The third kappa shape index (κ3) is 6.74. The molecule has 312 valence electrons. The van der Waals surface area contributed by atoms with Crippen LogP contribution in [0.25, 0.3) is 127 Å². The third-order valence-corrected chi connectivity index (χ3v) is 13.3. The second-order valence-electron chi connectivity index (χ2n) is 17.2. The van der Waals surface area contributed by atoms with Crippen molar-refractivity contribution in [3.8, 4) is 73.2 Å². The van der Waals surface area contributed by atoms with Gasteiger partial charge in [-0.15, -0.1) is 0 Å². The predicted octanol–water partition coefficient (Wildman–Crippen LogP) is 16.4. The molecule has 4 heteroatoms. The maximum atomic E-state index is 5.08. The Hall–Kier alpha value is -8.99. The lowest BCUT2D eigenvalue weighted by molar-refractivity contribution is 1.07. The Bertz CT molecular complexity index is 3960. The van der Waals surface area contributed by atoms with Gasteiger partial charge in [-0.05, 0) is 96.0 Å². The first-order valence-corrected chi connectivity index (χ1v) is 22.8. The standard InChI is InChI=1S/C63H40N4/c1-4-14-41(15-5-1)43-24-28-46(29-25-43)62-64-61(45-18-8-3-9-19-45)65-63(66-62)47-30-26-44(27-31-47)49-32-35-56-58-38-48(42-16-6-2-7-17-42)33-37-59(58)67(60(56)39-49)50-34-36-55-53-22-11-10-20-51(53)52-21-12-13-23-54(52)57(55)40-50/h1-40H. The topological polar surface area (TPSA) is 43.6 Å². The van der Waals surface area contributed by atoms with E-state index in [1.165, 1.54) is 65.3 Å². The van der Waals surface area contributed by atoms with Crippen LogP contribution in [0.5, 0.6) is 0 Å². The molecular weight excluding hydrogens is 813 g/mol. The molecule has 0 aliphatic carbocycles. The molecule has 0 saturated carbocycles. The van der Waals surface area contributed by atoms with Gasteiger partial charge in [0.05, 0.1) is 11.0 Å². The van der Waals surface area contributed by atoms with Crippen LogP contribution in [0.2, 0.25) is 0 Å². The first-order chi connectivity index (χ1) is 33.2. The second kappa shape index (κ2) is 15.9. The van der Waals surface area contributed by atoms with Crippen LogP contribution in [0.4, 0.5) is 0 Å². The molecule has 0 radical (unpaired) electrons. The lowest BCUT2D eigenvalue weighted by atomic mass is 9.94. The number of hydrogen-bond donors (Lipinski definition) is 0. The van der Waals surface area contributed by atoms with E-state index in [2.05, 4.69) is 211 Å². The summed E-state index contributed by atoms with van der Waals surface area (Å²) in [5.74, 6) is 1.90. The SMILES string of the molecule is c1ccc(-c2ccc(-c3nc(-c4ccccc4)nc(-c4ccc(-c5ccc6c7cc(-c8ccccc8)ccc7n(-c7ccc8c9ccccc9c9ccccc9c8c7)c6c5)cc4)n3)cc2)cc1. The summed E-state index contributed by atoms with van der Waals surface area (Å²) in [6.07, 6.45) is 0. The molecule has 0 N–H and O–H groups in total. The van der Waals surface area contributed by atoms with E-state index in [9.17, 15) is 0 Å². The minimum atomic E-state index is 0.629. The molecule has 0 aliphatic rings. The molecule has 0 spiro atoms. The largest absolute Gasteiger partial charge is 0.309 e. The minimum Gasteiger partial charge on any atom is -0.309 e. The highest BCUT2D eigenvalue weighted by Gasteiger charge is 2.18. The molecule has 2 heterocycles. The monoisotopic (exact) mass is 852 g/mol. The van der Waals surface area contributed by atoms with E-state index >= 15 is 0 Å². The van der Waals surface area contributed by atoms with Gasteiger partial charge in [0, 0.05) is 33.2 Å². The van der Waals surface area contributed by atoms with Gasteiger partial charge in [-0.2, -0.15) is 0 Å². The smallest absolute Gasteiger partial charge is 0.164 e. The fraction of sp³-hybridized carbons (Fsp3) is 0. The zero-order valence-corrected chi connectivity index (χ0v) is 36.4. The minimum absolute atomic E-state index is 0.629. The van der Waals surface area contributed by atoms with Crippen LogP contribution >= 0.6 is 0 Å². The molecule has 0 aliphatic heterocycles. The quantitative estimate of drug-likeness (QED) is 0.150. The van der Waals surface area contributed by atoms with Gasteiger partial charge < -0.3 is 4.57 Å². The molecule has 4 nitrogen and oxygen atoms in total. The second-order valence-corrected chi connectivity index (χ2v) is 17.2. The molecule has 67 heavy (non-hydrogen) atoms. The van der Waals surface area contributed by atoms with E-state index in [0.29, 0.717) is 17.5 Å². The predicted molar refractivity (Wildman–Crippen MR) is 279 cm³/mol. The molecule has 0 unspecified atom stereocenters. The summed E-state index contributed by atoms with van der Waals surface area (Å²) in [6.45, 7) is 0. The van der Waals surface area contributed by atoms with Gasteiger partial charge in [0.25, 0.3) is 0 Å². The van der Waals surface area contributed by atoms with Crippen LogP contribution in [-0.2, 0) is 0 Å². The maximum Gasteiger partial charge on any atom is 0.164 e. The van der Waals surface area contributed by atoms with Crippen LogP contribution in [0.1, 0.15) is 0 Å². The molecule has 13 rings (SSSR count). The van der Waals surface area contributed by atoms with Crippen LogP contribution in [-0.4, -0.2) is 19.5 Å². The molecule has 0 bridgehead atoms. The summed E-state index contributed by atoms with van der Waals surface area (Å²) in [4.78, 5) is 15.1. The Balaban J connectivity index is 0.937. The van der Waals surface area contributed by atoms with Gasteiger partial charge in [0.1, 0.15) is 0 Å². The van der Waals surface area contributed by atoms with E-state index in [4.69, 9.17) is 15.0 Å². The zero-order chi connectivity index (χ0) is 44.3. The van der Waals surface area contributed by atoms with Crippen molar-refractivity contribution in [1.82, 2.24) is 19.5 Å². The molecule has 0 amide bonds. The molecule has 0 fully saturated rings. The number of fused-ring (bicyclic) bond motifs is 9. The number of rotatable bonds is 7. The van der Waals surface area contributed by atoms with Gasteiger partial charge in [-0.3, -0.25) is 0 Å². The van der Waals surface area contributed by atoms with Gasteiger partial charge >= 0.3 is 0 Å². The Kier molecular flexibility index (Phi) is 9.14. The van der Waals surface area contributed by atoms with E-state index < -0.39 is 0 Å². The lowest BCUT2D eigenvalue weighted by Crippen LogP contribution is -2.00. The van der Waals surface area contributed by atoms with Crippen molar-refractivity contribution in [2.24, 2.45) is 0 Å². The van der Waals surface area contributed by atoms with Crippen LogP contribution in [0.3, 0.4) is 0 Å². The number of aromatic nitrogens is 4. The van der Waals surface area contributed by atoms with Crippen LogP contribution in [0.15, 0.2) is 243 Å². The highest BCUT2D eigenvalue weighted by atomic mass is 15.0. The van der Waals surface area contributed by atoms with Gasteiger partial charge in [-0.1, -0.05) is 212 Å². The van der Waals surface area contributed by atoms with Crippen molar-refractivity contribution in [3.05, 3.63) is 243 Å². The number of benzene rings is 11. The number of hydrogen-bond acceptors (Lipinski definition) is 3. The average Bonchev–Trinajstić information content (AvgIpc) is 3.74. The van der Waals surface area contributed by atoms with E-state index in [1.807, 2.05) is 36.4 Å². The van der Waals surface area contributed by atoms with E-state index in [0.717, 1.165) is 44.6 Å². The molecule has 0 atom stereocenters. The lowest BCUT2D eigenvalue weighted by Gasteiger charge is -2.14. The highest BCUT2D eigenvalue weighted by Crippen LogP contribution is 2.41. The van der Waals surface area contributed by atoms with Crippen molar-refractivity contribution >= 4 is 54.1 Å². The fourth-order valence-corrected chi connectivity index (χ4v) is 9.93. The average molecular weight is 853 g/mol. The van der Waals surface area contributed by atoms with Crippen molar-refractivity contribution in [1.29, 1.82) is 0 Å². The Morgan fingerprint density at radius 2 is 0.567 bits per heavy atom. The number of nitrogens with zero attached hydrogens (tertiary/aromatic N) is 4. The Morgan fingerprint density at radius 1 is 0.209 bits per heavy atom. The zero-order valence-electron chi connectivity index (χ0n) is 36.4. The van der Waals surface area contributed by atoms with E-state index in [-0.39, 0.29) is 0 Å². The molecule has 13 aromatic rings. The molecule has 2 aromatic heterocycles. The first kappa shape index (κ1) is 38.5. The summed E-state index contributed by atoms with van der Waals surface area (Å²) in [5, 5.41) is 10.0. The normalized spacial score (nSPS) is 11.6. The van der Waals surface area contributed by atoms with Crippen LogP contribution < -0.4 is 0 Å². The Labute approximate surface area is 387 Å². The Morgan fingerprint density at radius 3 is 1.12 bits per heavy atom. The summed E-state index contributed by atoms with van der Waals surface area (Å²) < 4.78 is 2.45. The highest BCUT2D eigenvalue weighted by molar-refractivity contribution is 6.25. The first-order valence-electron chi connectivity index (χ1n) is 22.8. The van der Waals surface area contributed by atoms with Crippen molar-refractivity contribution in [2.75, 3.05) is 0 Å². The summed E-state index contributed by atoms with van der Waals surface area (Å²) >= 11 is 0. The molecule has 11 aromatic carbocycles. The molecule has 0 saturated heterocycles. The van der Waals surface area contributed by atoms with Gasteiger partial charge in [0.2, 0.25) is 0 Å².